The SMILES string of the molecule is CC(C)(C)c1ccc(CN2CCOS2)cc1. The van der Waals surface area contributed by atoms with Crippen LogP contribution < -0.4 is 0 Å². The van der Waals surface area contributed by atoms with Gasteiger partial charge in [-0.25, -0.2) is 4.31 Å². The van der Waals surface area contributed by atoms with Gasteiger partial charge in [0.25, 0.3) is 0 Å². The molecule has 3 heteroatoms. The van der Waals surface area contributed by atoms with Crippen molar-refractivity contribution in [2.24, 2.45) is 0 Å². The first kappa shape index (κ1) is 12.0. The van der Waals surface area contributed by atoms with Crippen LogP contribution in [0.2, 0.25) is 0 Å². The molecule has 2 nitrogen and oxygen atoms in total. The van der Waals surface area contributed by atoms with Gasteiger partial charge in [-0.05, 0) is 16.5 Å². The summed E-state index contributed by atoms with van der Waals surface area (Å²) in [5.74, 6) is 0. The molecule has 1 aliphatic heterocycles. The third-order valence-electron chi connectivity index (χ3n) is 2.76. The lowest BCUT2D eigenvalue weighted by Gasteiger charge is -2.19. The summed E-state index contributed by atoms with van der Waals surface area (Å²) in [4.78, 5) is 0. The highest BCUT2D eigenvalue weighted by Gasteiger charge is 2.15. The van der Waals surface area contributed by atoms with Crippen molar-refractivity contribution in [2.45, 2.75) is 32.7 Å². The Hall–Kier alpha value is -0.510. The van der Waals surface area contributed by atoms with E-state index in [1.54, 1.807) is 0 Å². The van der Waals surface area contributed by atoms with Crippen LogP contribution in [0.1, 0.15) is 31.9 Å². The molecule has 0 aliphatic carbocycles. The molecule has 1 aromatic rings. The summed E-state index contributed by atoms with van der Waals surface area (Å²) < 4.78 is 7.49. The quantitative estimate of drug-likeness (QED) is 0.578. The van der Waals surface area contributed by atoms with Crippen LogP contribution in [0.15, 0.2) is 24.3 Å². The van der Waals surface area contributed by atoms with Crippen LogP contribution in [-0.2, 0) is 16.1 Å². The summed E-state index contributed by atoms with van der Waals surface area (Å²) in [6.45, 7) is 9.55. The minimum atomic E-state index is 0.240. The number of hydrogen-bond acceptors (Lipinski definition) is 3. The predicted molar refractivity (Wildman–Crippen MR) is 69.1 cm³/mol. The Kier molecular flexibility index (Phi) is 3.57. The Morgan fingerprint density at radius 1 is 1.25 bits per heavy atom. The molecule has 0 aromatic heterocycles. The highest BCUT2D eigenvalue weighted by molar-refractivity contribution is 7.92. The van der Waals surface area contributed by atoms with Gasteiger partial charge in [-0.15, -0.1) is 0 Å². The minimum absolute atomic E-state index is 0.240. The average molecular weight is 237 g/mol. The molecule has 0 amide bonds. The largest absolute Gasteiger partial charge is 0.300 e. The van der Waals surface area contributed by atoms with Crippen LogP contribution in [0, 0.1) is 0 Å². The third-order valence-corrected chi connectivity index (χ3v) is 3.56. The summed E-state index contributed by atoms with van der Waals surface area (Å²) >= 11 is 1.48. The summed E-state index contributed by atoms with van der Waals surface area (Å²) in [7, 11) is 0. The molecule has 1 fully saturated rings. The monoisotopic (exact) mass is 237 g/mol. The predicted octanol–water partition coefficient (Wildman–Crippen LogP) is 3.38. The summed E-state index contributed by atoms with van der Waals surface area (Å²) in [5.41, 5.74) is 2.98. The van der Waals surface area contributed by atoms with Crippen LogP contribution in [-0.4, -0.2) is 17.5 Å². The van der Waals surface area contributed by atoms with Gasteiger partial charge < -0.3 is 0 Å². The first-order valence-electron chi connectivity index (χ1n) is 5.70. The zero-order valence-electron chi connectivity index (χ0n) is 10.2. The van der Waals surface area contributed by atoms with E-state index in [4.69, 9.17) is 4.18 Å². The highest BCUT2D eigenvalue weighted by Crippen LogP contribution is 2.24. The molecule has 0 radical (unpaired) electrons. The van der Waals surface area contributed by atoms with E-state index in [-0.39, 0.29) is 5.41 Å². The fourth-order valence-corrected chi connectivity index (χ4v) is 2.36. The Morgan fingerprint density at radius 2 is 1.94 bits per heavy atom. The van der Waals surface area contributed by atoms with Crippen molar-refractivity contribution in [1.82, 2.24) is 4.31 Å². The molecule has 0 N–H and O–H groups in total. The maximum Gasteiger partial charge on any atom is 0.0823 e. The van der Waals surface area contributed by atoms with E-state index < -0.39 is 0 Å². The lowest BCUT2D eigenvalue weighted by atomic mass is 9.87. The molecule has 88 valence electrons. The zero-order valence-corrected chi connectivity index (χ0v) is 11.0. The van der Waals surface area contributed by atoms with E-state index >= 15 is 0 Å². The van der Waals surface area contributed by atoms with Crippen molar-refractivity contribution in [3.05, 3.63) is 35.4 Å². The van der Waals surface area contributed by atoms with E-state index in [1.807, 2.05) is 0 Å². The molecular weight excluding hydrogens is 218 g/mol. The Balaban J connectivity index is 2.01. The molecule has 16 heavy (non-hydrogen) atoms. The molecule has 1 aliphatic rings. The van der Waals surface area contributed by atoms with Crippen molar-refractivity contribution < 1.29 is 4.18 Å². The van der Waals surface area contributed by atoms with E-state index in [0.717, 1.165) is 19.7 Å². The van der Waals surface area contributed by atoms with Gasteiger partial charge in [0.05, 0.1) is 18.8 Å². The molecular formula is C13H19NOS. The summed E-state index contributed by atoms with van der Waals surface area (Å²) in [5, 5.41) is 0. The van der Waals surface area contributed by atoms with Crippen molar-refractivity contribution in [3.8, 4) is 0 Å². The molecule has 0 bridgehead atoms. The number of rotatable bonds is 2. The van der Waals surface area contributed by atoms with E-state index in [0.29, 0.717) is 0 Å². The van der Waals surface area contributed by atoms with E-state index in [2.05, 4.69) is 49.3 Å². The first-order valence-corrected chi connectivity index (χ1v) is 6.39. The molecule has 1 saturated heterocycles. The molecule has 0 saturated carbocycles. The molecule has 1 aromatic carbocycles. The fourth-order valence-electron chi connectivity index (χ4n) is 1.71. The Bertz CT molecular complexity index is 336. The van der Waals surface area contributed by atoms with Gasteiger partial charge in [0.2, 0.25) is 0 Å². The Morgan fingerprint density at radius 3 is 2.44 bits per heavy atom. The molecule has 1 heterocycles. The number of nitrogens with zero attached hydrogens (tertiary/aromatic N) is 1. The first-order chi connectivity index (χ1) is 7.55. The van der Waals surface area contributed by atoms with Crippen LogP contribution >= 0.6 is 12.2 Å². The van der Waals surface area contributed by atoms with Gasteiger partial charge in [0.1, 0.15) is 0 Å². The van der Waals surface area contributed by atoms with Crippen molar-refractivity contribution >= 4 is 12.2 Å². The van der Waals surface area contributed by atoms with E-state index in [1.165, 1.54) is 23.4 Å². The summed E-state index contributed by atoms with van der Waals surface area (Å²) in [6.07, 6.45) is 0. The maximum absolute atomic E-state index is 5.25. The standard InChI is InChI=1S/C13H19NOS/c1-13(2,3)12-6-4-11(5-7-12)10-14-8-9-15-16-14/h4-7H,8-10H2,1-3H3. The van der Waals surface area contributed by atoms with Crippen molar-refractivity contribution in [1.29, 1.82) is 0 Å². The van der Waals surface area contributed by atoms with Crippen LogP contribution in [0.5, 0.6) is 0 Å². The molecule has 0 spiro atoms. The van der Waals surface area contributed by atoms with Gasteiger partial charge in [-0.3, -0.25) is 4.18 Å². The van der Waals surface area contributed by atoms with Gasteiger partial charge in [0.15, 0.2) is 0 Å². The second kappa shape index (κ2) is 4.78. The van der Waals surface area contributed by atoms with Crippen LogP contribution in [0.4, 0.5) is 0 Å². The zero-order chi connectivity index (χ0) is 11.6. The number of hydrogen-bond donors (Lipinski definition) is 0. The second-order valence-electron chi connectivity index (χ2n) is 5.21. The fraction of sp³-hybridized carbons (Fsp3) is 0.538. The second-order valence-corrected chi connectivity index (χ2v) is 6.11. The van der Waals surface area contributed by atoms with E-state index in [9.17, 15) is 0 Å². The number of benzene rings is 1. The average Bonchev–Trinajstić information content (AvgIpc) is 2.70. The smallest absolute Gasteiger partial charge is 0.0823 e. The lowest BCUT2D eigenvalue weighted by molar-refractivity contribution is 0.397. The van der Waals surface area contributed by atoms with Crippen LogP contribution in [0.3, 0.4) is 0 Å². The molecule has 0 unspecified atom stereocenters. The van der Waals surface area contributed by atoms with Gasteiger partial charge in [-0.2, -0.15) is 0 Å². The third kappa shape index (κ3) is 3.00. The van der Waals surface area contributed by atoms with Gasteiger partial charge in [0, 0.05) is 13.1 Å². The lowest BCUT2D eigenvalue weighted by Crippen LogP contribution is -2.13. The van der Waals surface area contributed by atoms with Crippen molar-refractivity contribution in [3.63, 3.8) is 0 Å². The molecule has 2 rings (SSSR count). The minimum Gasteiger partial charge on any atom is -0.300 e. The van der Waals surface area contributed by atoms with Crippen LogP contribution in [0.25, 0.3) is 0 Å². The molecule has 0 atom stereocenters. The normalized spacial score (nSPS) is 17.9. The summed E-state index contributed by atoms with van der Waals surface area (Å²) in [6, 6.07) is 8.91. The van der Waals surface area contributed by atoms with Crippen molar-refractivity contribution in [2.75, 3.05) is 13.2 Å². The van der Waals surface area contributed by atoms with Gasteiger partial charge >= 0.3 is 0 Å². The van der Waals surface area contributed by atoms with Gasteiger partial charge in [-0.1, -0.05) is 45.0 Å². The Labute approximate surface area is 102 Å². The topological polar surface area (TPSA) is 12.5 Å². The maximum atomic E-state index is 5.25. The highest BCUT2D eigenvalue weighted by atomic mass is 32.2.